The number of amides is 1. The topological polar surface area (TPSA) is 85.4 Å². The van der Waals surface area contributed by atoms with Gasteiger partial charge in [0.25, 0.3) is 0 Å². The summed E-state index contributed by atoms with van der Waals surface area (Å²) < 4.78 is 0. The maximum absolute atomic E-state index is 12.7. The van der Waals surface area contributed by atoms with Crippen LogP contribution in [0.2, 0.25) is 0 Å². The van der Waals surface area contributed by atoms with Gasteiger partial charge in [0.15, 0.2) is 5.96 Å². The largest absolute Gasteiger partial charge is 0.357 e. The van der Waals surface area contributed by atoms with E-state index in [-0.39, 0.29) is 35.9 Å². The smallest absolute Gasteiger partial charge is 0.225 e. The van der Waals surface area contributed by atoms with Gasteiger partial charge in [-0.25, -0.2) is 4.99 Å². The van der Waals surface area contributed by atoms with Crippen molar-refractivity contribution in [2.45, 2.75) is 58.0 Å². The molecule has 0 bridgehead atoms. The summed E-state index contributed by atoms with van der Waals surface area (Å²) in [6.45, 7) is 5.07. The molecule has 2 heterocycles. The summed E-state index contributed by atoms with van der Waals surface area (Å²) in [5.41, 5.74) is 0.984. The van der Waals surface area contributed by atoms with E-state index in [1.165, 1.54) is 19.3 Å². The van der Waals surface area contributed by atoms with E-state index in [0.29, 0.717) is 12.5 Å². The molecular formula is C18H31IN6O. The summed E-state index contributed by atoms with van der Waals surface area (Å²) in [6, 6.07) is 2.19. The van der Waals surface area contributed by atoms with Gasteiger partial charge in [-0.05, 0) is 32.3 Å². The van der Waals surface area contributed by atoms with Crippen LogP contribution in [0.15, 0.2) is 17.3 Å². The van der Waals surface area contributed by atoms with Gasteiger partial charge in [-0.3, -0.25) is 9.89 Å². The molecule has 1 aliphatic carbocycles. The molecule has 2 fully saturated rings. The number of hydrogen-bond acceptors (Lipinski definition) is 3. The molecule has 7 nitrogen and oxygen atoms in total. The minimum atomic E-state index is 0. The van der Waals surface area contributed by atoms with Gasteiger partial charge in [0.2, 0.25) is 5.91 Å². The molecule has 1 saturated carbocycles. The average molecular weight is 474 g/mol. The molecule has 3 rings (SSSR count). The maximum Gasteiger partial charge on any atom is 0.225 e. The Morgan fingerprint density at radius 3 is 2.85 bits per heavy atom. The van der Waals surface area contributed by atoms with Gasteiger partial charge in [0.05, 0.1) is 12.2 Å². The number of carbonyl (C=O) groups excluding carboxylic acids is 1. The van der Waals surface area contributed by atoms with Crippen LogP contribution in [0.4, 0.5) is 0 Å². The molecule has 1 saturated heterocycles. The quantitative estimate of drug-likeness (QED) is 0.347. The second kappa shape index (κ2) is 10.7. The van der Waals surface area contributed by atoms with Crippen LogP contribution >= 0.6 is 24.0 Å². The number of nitrogens with one attached hydrogen (secondary N) is 3. The van der Waals surface area contributed by atoms with E-state index in [2.05, 4.69) is 32.7 Å². The molecule has 0 radical (unpaired) electrons. The molecule has 146 valence electrons. The van der Waals surface area contributed by atoms with Gasteiger partial charge in [-0.1, -0.05) is 19.3 Å². The Kier molecular flexibility index (Phi) is 8.67. The number of aromatic nitrogens is 2. The molecule has 1 atom stereocenters. The van der Waals surface area contributed by atoms with Gasteiger partial charge < -0.3 is 15.5 Å². The van der Waals surface area contributed by atoms with Gasteiger partial charge in [0.1, 0.15) is 0 Å². The van der Waals surface area contributed by atoms with Crippen molar-refractivity contribution in [3.63, 3.8) is 0 Å². The van der Waals surface area contributed by atoms with Gasteiger partial charge in [-0.2, -0.15) is 5.10 Å². The monoisotopic (exact) mass is 474 g/mol. The molecule has 0 aromatic carbocycles. The van der Waals surface area contributed by atoms with Crippen molar-refractivity contribution < 1.29 is 4.79 Å². The Morgan fingerprint density at radius 2 is 2.15 bits per heavy atom. The summed E-state index contributed by atoms with van der Waals surface area (Å²) in [4.78, 5) is 19.3. The maximum atomic E-state index is 12.7. The second-order valence-corrected chi connectivity index (χ2v) is 7.03. The molecule has 1 unspecified atom stereocenters. The third-order valence-corrected chi connectivity index (χ3v) is 5.11. The predicted molar refractivity (Wildman–Crippen MR) is 114 cm³/mol. The average Bonchev–Trinajstić information content (AvgIpc) is 3.32. The van der Waals surface area contributed by atoms with E-state index in [0.717, 1.165) is 50.6 Å². The summed E-state index contributed by atoms with van der Waals surface area (Å²) in [7, 11) is 0. The number of guanidine groups is 1. The van der Waals surface area contributed by atoms with Crippen molar-refractivity contribution >= 4 is 35.8 Å². The van der Waals surface area contributed by atoms with Crippen molar-refractivity contribution in [2.24, 2.45) is 10.9 Å². The SMILES string of the molecule is CCNC(=NCc1ccn[nH]1)NC1CCN(C(=O)C2CCCCC2)C1.I. The van der Waals surface area contributed by atoms with Crippen LogP contribution in [0.5, 0.6) is 0 Å². The minimum Gasteiger partial charge on any atom is -0.357 e. The lowest BCUT2D eigenvalue weighted by Gasteiger charge is -2.26. The number of rotatable bonds is 5. The van der Waals surface area contributed by atoms with Gasteiger partial charge in [-0.15, -0.1) is 24.0 Å². The molecule has 0 spiro atoms. The molecule has 8 heteroatoms. The van der Waals surface area contributed by atoms with Gasteiger partial charge in [0, 0.05) is 37.8 Å². The lowest BCUT2D eigenvalue weighted by atomic mass is 9.88. The van der Waals surface area contributed by atoms with Crippen LogP contribution in [0.1, 0.15) is 51.1 Å². The number of likely N-dealkylation sites (tertiary alicyclic amines) is 1. The molecule has 1 aromatic heterocycles. The van der Waals surface area contributed by atoms with Gasteiger partial charge >= 0.3 is 0 Å². The molecule has 3 N–H and O–H groups in total. The summed E-state index contributed by atoms with van der Waals surface area (Å²) in [6.07, 6.45) is 8.55. The number of hydrogen-bond donors (Lipinski definition) is 3. The highest BCUT2D eigenvalue weighted by atomic mass is 127. The first-order valence-electron chi connectivity index (χ1n) is 9.58. The fraction of sp³-hybridized carbons (Fsp3) is 0.722. The van der Waals surface area contributed by atoms with Crippen LogP contribution in [-0.4, -0.2) is 52.6 Å². The standard InChI is InChI=1S/C18H30N6O.HI/c1-2-19-18(20-12-15-8-10-21-23-15)22-16-9-11-24(13-16)17(25)14-6-4-3-5-7-14;/h8,10,14,16H,2-7,9,11-13H2,1H3,(H,21,23)(H2,19,20,22);1H. The number of carbonyl (C=O) groups is 1. The van der Waals surface area contributed by atoms with E-state index >= 15 is 0 Å². The summed E-state index contributed by atoms with van der Waals surface area (Å²) >= 11 is 0. The summed E-state index contributed by atoms with van der Waals surface area (Å²) in [5, 5.41) is 13.6. The molecule has 26 heavy (non-hydrogen) atoms. The third-order valence-electron chi connectivity index (χ3n) is 5.11. The molecular weight excluding hydrogens is 443 g/mol. The lowest BCUT2D eigenvalue weighted by molar-refractivity contribution is -0.135. The van der Waals surface area contributed by atoms with Crippen LogP contribution in [0, 0.1) is 5.92 Å². The van der Waals surface area contributed by atoms with E-state index in [9.17, 15) is 4.79 Å². The van der Waals surface area contributed by atoms with Crippen LogP contribution in [-0.2, 0) is 11.3 Å². The van der Waals surface area contributed by atoms with E-state index in [1.54, 1.807) is 6.20 Å². The Morgan fingerprint density at radius 1 is 1.35 bits per heavy atom. The van der Waals surface area contributed by atoms with Crippen molar-refractivity contribution in [2.75, 3.05) is 19.6 Å². The number of aliphatic imine (C=N–C) groups is 1. The molecule has 2 aliphatic rings. The zero-order chi connectivity index (χ0) is 17.5. The summed E-state index contributed by atoms with van der Waals surface area (Å²) in [5.74, 6) is 1.42. The third kappa shape index (κ3) is 5.85. The Labute approximate surface area is 172 Å². The van der Waals surface area contributed by atoms with Crippen molar-refractivity contribution in [3.05, 3.63) is 18.0 Å². The fourth-order valence-corrected chi connectivity index (χ4v) is 3.74. The zero-order valence-corrected chi connectivity index (χ0v) is 17.9. The lowest BCUT2D eigenvalue weighted by Crippen LogP contribution is -2.45. The van der Waals surface area contributed by atoms with Crippen molar-refractivity contribution in [1.29, 1.82) is 0 Å². The Balaban J connectivity index is 0.00000243. The molecule has 1 aliphatic heterocycles. The highest BCUT2D eigenvalue weighted by molar-refractivity contribution is 14.0. The van der Waals surface area contributed by atoms with E-state index < -0.39 is 0 Å². The van der Waals surface area contributed by atoms with E-state index in [1.807, 2.05) is 11.0 Å². The van der Waals surface area contributed by atoms with Crippen LogP contribution in [0.3, 0.4) is 0 Å². The first-order chi connectivity index (χ1) is 12.3. The highest BCUT2D eigenvalue weighted by Gasteiger charge is 2.31. The molecule has 1 amide bonds. The van der Waals surface area contributed by atoms with E-state index in [4.69, 9.17) is 0 Å². The van der Waals surface area contributed by atoms with Crippen LogP contribution < -0.4 is 10.6 Å². The zero-order valence-electron chi connectivity index (χ0n) is 15.5. The fourth-order valence-electron chi connectivity index (χ4n) is 3.74. The minimum absolute atomic E-state index is 0. The Hall–Kier alpha value is -1.32. The number of nitrogens with zero attached hydrogens (tertiary/aromatic N) is 3. The second-order valence-electron chi connectivity index (χ2n) is 7.03. The number of halogens is 1. The number of aromatic amines is 1. The normalized spacial score (nSPS) is 21.3. The highest BCUT2D eigenvalue weighted by Crippen LogP contribution is 2.26. The first kappa shape index (κ1) is 21.0. The van der Waals surface area contributed by atoms with Crippen LogP contribution in [0.25, 0.3) is 0 Å². The molecule has 1 aromatic rings. The predicted octanol–water partition coefficient (Wildman–Crippen LogP) is 2.26. The van der Waals surface area contributed by atoms with Crippen molar-refractivity contribution in [3.8, 4) is 0 Å². The Bertz CT molecular complexity index is 570. The number of H-pyrrole nitrogens is 1. The first-order valence-corrected chi connectivity index (χ1v) is 9.58. The van der Waals surface area contributed by atoms with Crippen molar-refractivity contribution in [1.82, 2.24) is 25.7 Å².